The molecule has 0 saturated heterocycles. The van der Waals surface area contributed by atoms with Crippen molar-refractivity contribution < 1.29 is 14.0 Å². The van der Waals surface area contributed by atoms with Gasteiger partial charge < -0.3 is 4.90 Å². The van der Waals surface area contributed by atoms with Gasteiger partial charge in [-0.2, -0.15) is 0 Å². The van der Waals surface area contributed by atoms with Crippen LogP contribution in [0.2, 0.25) is 0 Å². The number of rotatable bonds is 1. The Morgan fingerprint density at radius 3 is 2.68 bits per heavy atom. The molecule has 4 heteroatoms. The zero-order chi connectivity index (χ0) is 14.2. The number of amides is 1. The van der Waals surface area contributed by atoms with Crippen molar-refractivity contribution in [2.75, 3.05) is 11.4 Å². The lowest BCUT2D eigenvalue weighted by Gasteiger charge is -2.31. The summed E-state index contributed by atoms with van der Waals surface area (Å²) >= 11 is 0. The van der Waals surface area contributed by atoms with E-state index in [9.17, 15) is 14.0 Å². The number of nitrogens with zero attached hydrogens (tertiary/aromatic N) is 1. The monoisotopic (exact) mass is 263 g/mol. The molecule has 0 aromatic heterocycles. The van der Waals surface area contributed by atoms with Crippen LogP contribution in [0.1, 0.15) is 44.0 Å². The second-order valence-corrected chi connectivity index (χ2v) is 6.12. The van der Waals surface area contributed by atoms with Gasteiger partial charge >= 0.3 is 0 Å². The summed E-state index contributed by atoms with van der Waals surface area (Å²) in [6.07, 6.45) is 0.657. The molecule has 1 heterocycles. The van der Waals surface area contributed by atoms with E-state index in [1.54, 1.807) is 4.90 Å². The van der Waals surface area contributed by atoms with Gasteiger partial charge in [0, 0.05) is 24.9 Å². The Hall–Kier alpha value is -1.71. The molecule has 1 aromatic carbocycles. The van der Waals surface area contributed by atoms with Crippen LogP contribution >= 0.6 is 0 Å². The molecule has 0 N–H and O–H groups in total. The summed E-state index contributed by atoms with van der Waals surface area (Å²) in [5, 5.41) is 0. The smallest absolute Gasteiger partial charge is 0.227 e. The molecule has 1 aliphatic heterocycles. The summed E-state index contributed by atoms with van der Waals surface area (Å²) < 4.78 is 13.2. The van der Waals surface area contributed by atoms with E-state index in [4.69, 9.17) is 0 Å². The predicted octanol–water partition coefficient (Wildman–Crippen LogP) is 3.18. The second kappa shape index (κ2) is 4.76. The third kappa shape index (κ3) is 3.00. The Bertz CT molecular complexity index is 531. The summed E-state index contributed by atoms with van der Waals surface area (Å²) in [5.41, 5.74) is 0.735. The van der Waals surface area contributed by atoms with Crippen LogP contribution < -0.4 is 4.90 Å². The lowest BCUT2D eigenvalue weighted by atomic mass is 9.90. The van der Waals surface area contributed by atoms with Gasteiger partial charge in [0.1, 0.15) is 5.82 Å². The van der Waals surface area contributed by atoms with Gasteiger partial charge in [-0.25, -0.2) is 4.39 Å². The highest BCUT2D eigenvalue weighted by atomic mass is 19.1. The van der Waals surface area contributed by atoms with E-state index in [1.807, 2.05) is 20.8 Å². The van der Waals surface area contributed by atoms with Crippen LogP contribution in [0, 0.1) is 11.2 Å². The lowest BCUT2D eigenvalue weighted by Crippen LogP contribution is -2.39. The molecule has 2 rings (SSSR count). The van der Waals surface area contributed by atoms with Crippen LogP contribution in [0.3, 0.4) is 0 Å². The summed E-state index contributed by atoms with van der Waals surface area (Å²) in [6, 6.07) is 4.02. The largest absolute Gasteiger partial charge is 0.311 e. The highest BCUT2D eigenvalue weighted by molar-refractivity contribution is 6.08. The number of carbonyl (C=O) groups excluding carboxylic acids is 2. The summed E-state index contributed by atoms with van der Waals surface area (Å²) in [4.78, 5) is 25.7. The molecule has 3 nitrogen and oxygen atoms in total. The Labute approximate surface area is 112 Å². The minimum atomic E-state index is -0.447. The number of benzene rings is 1. The van der Waals surface area contributed by atoms with Crippen molar-refractivity contribution in [3.63, 3.8) is 0 Å². The van der Waals surface area contributed by atoms with Gasteiger partial charge in [-0.1, -0.05) is 20.8 Å². The molecule has 1 aromatic rings. The van der Waals surface area contributed by atoms with Crippen molar-refractivity contribution in [2.45, 2.75) is 33.6 Å². The van der Waals surface area contributed by atoms with Crippen LogP contribution in [-0.2, 0) is 4.79 Å². The molecule has 1 amide bonds. The molecule has 0 saturated carbocycles. The van der Waals surface area contributed by atoms with Gasteiger partial charge in [0.05, 0.1) is 5.69 Å². The molecule has 0 atom stereocenters. The van der Waals surface area contributed by atoms with Gasteiger partial charge in [-0.15, -0.1) is 0 Å². The molecule has 0 bridgehead atoms. The van der Waals surface area contributed by atoms with Gasteiger partial charge in [0.25, 0.3) is 0 Å². The number of hydrogen-bond acceptors (Lipinski definition) is 2. The van der Waals surface area contributed by atoms with Gasteiger partial charge in [-0.3, -0.25) is 9.59 Å². The third-order valence-electron chi connectivity index (χ3n) is 3.09. The number of hydrogen-bond donors (Lipinski definition) is 0. The Balaban J connectivity index is 2.33. The van der Waals surface area contributed by atoms with Crippen molar-refractivity contribution in [3.8, 4) is 0 Å². The first kappa shape index (κ1) is 13.7. The van der Waals surface area contributed by atoms with E-state index in [0.29, 0.717) is 24.2 Å². The van der Waals surface area contributed by atoms with Crippen molar-refractivity contribution in [2.24, 2.45) is 5.41 Å². The first-order valence-corrected chi connectivity index (χ1v) is 6.41. The third-order valence-corrected chi connectivity index (χ3v) is 3.09. The average molecular weight is 263 g/mol. The quantitative estimate of drug-likeness (QED) is 0.780. The molecule has 0 fully saturated rings. The van der Waals surface area contributed by atoms with Crippen LogP contribution in [0.15, 0.2) is 18.2 Å². The standard InChI is InChI=1S/C15H18FNO2/c1-15(2,3)9-14(19)17-7-6-13(18)11-8-10(16)4-5-12(11)17/h4-5,8H,6-7,9H2,1-3H3. The minimum Gasteiger partial charge on any atom is -0.311 e. The molecule has 0 spiro atoms. The van der Waals surface area contributed by atoms with Gasteiger partial charge in [-0.05, 0) is 23.6 Å². The Morgan fingerprint density at radius 2 is 2.05 bits per heavy atom. The van der Waals surface area contributed by atoms with E-state index in [-0.39, 0.29) is 23.5 Å². The molecule has 102 valence electrons. The van der Waals surface area contributed by atoms with E-state index >= 15 is 0 Å². The van der Waals surface area contributed by atoms with Crippen LogP contribution in [0.5, 0.6) is 0 Å². The Morgan fingerprint density at radius 1 is 1.37 bits per heavy atom. The van der Waals surface area contributed by atoms with E-state index in [0.717, 1.165) is 0 Å². The number of Topliss-reactive ketones (excluding diaryl/α,β-unsaturated/α-hetero) is 1. The molecule has 0 unspecified atom stereocenters. The first-order valence-electron chi connectivity index (χ1n) is 6.41. The zero-order valence-electron chi connectivity index (χ0n) is 11.5. The first-order chi connectivity index (χ1) is 8.78. The number of anilines is 1. The van der Waals surface area contributed by atoms with E-state index in [2.05, 4.69) is 0 Å². The topological polar surface area (TPSA) is 37.4 Å². The van der Waals surface area contributed by atoms with Crippen molar-refractivity contribution in [1.82, 2.24) is 0 Å². The average Bonchev–Trinajstić information content (AvgIpc) is 2.27. The number of halogens is 1. The van der Waals surface area contributed by atoms with Gasteiger partial charge in [0.2, 0.25) is 5.91 Å². The number of fused-ring (bicyclic) bond motifs is 1. The van der Waals surface area contributed by atoms with Crippen LogP contribution in [0.25, 0.3) is 0 Å². The summed E-state index contributed by atoms with van der Waals surface area (Å²) in [5.74, 6) is -0.570. The maximum Gasteiger partial charge on any atom is 0.227 e. The molecule has 0 radical (unpaired) electrons. The number of carbonyl (C=O) groups is 2. The highest BCUT2D eigenvalue weighted by Gasteiger charge is 2.29. The molecule has 0 aliphatic carbocycles. The van der Waals surface area contributed by atoms with E-state index < -0.39 is 5.82 Å². The maximum absolute atomic E-state index is 13.2. The molecular weight excluding hydrogens is 245 g/mol. The van der Waals surface area contributed by atoms with Crippen LogP contribution in [0.4, 0.5) is 10.1 Å². The molecule has 1 aliphatic rings. The Kier molecular flexibility index (Phi) is 3.43. The van der Waals surface area contributed by atoms with Crippen molar-refractivity contribution in [3.05, 3.63) is 29.6 Å². The molecular formula is C15H18FNO2. The predicted molar refractivity (Wildman–Crippen MR) is 71.8 cm³/mol. The molecule has 19 heavy (non-hydrogen) atoms. The SMILES string of the molecule is CC(C)(C)CC(=O)N1CCC(=O)c2cc(F)ccc21. The fraction of sp³-hybridized carbons (Fsp3) is 0.467. The summed E-state index contributed by atoms with van der Waals surface area (Å²) in [7, 11) is 0. The fourth-order valence-corrected chi connectivity index (χ4v) is 2.24. The maximum atomic E-state index is 13.2. The van der Waals surface area contributed by atoms with Crippen molar-refractivity contribution >= 4 is 17.4 Å². The second-order valence-electron chi connectivity index (χ2n) is 6.12. The van der Waals surface area contributed by atoms with Gasteiger partial charge in [0.15, 0.2) is 5.78 Å². The normalized spacial score (nSPS) is 15.4. The van der Waals surface area contributed by atoms with Crippen LogP contribution in [-0.4, -0.2) is 18.2 Å². The van der Waals surface area contributed by atoms with E-state index in [1.165, 1.54) is 18.2 Å². The minimum absolute atomic E-state index is 0.0205. The zero-order valence-corrected chi connectivity index (χ0v) is 11.5. The summed E-state index contributed by atoms with van der Waals surface area (Å²) in [6.45, 7) is 6.36. The number of ketones is 1. The highest BCUT2D eigenvalue weighted by Crippen LogP contribution is 2.30. The fourth-order valence-electron chi connectivity index (χ4n) is 2.24. The lowest BCUT2D eigenvalue weighted by molar-refractivity contribution is -0.120. The van der Waals surface area contributed by atoms with Crippen molar-refractivity contribution in [1.29, 1.82) is 0 Å².